The zero-order valence-corrected chi connectivity index (χ0v) is 18.3. The fraction of sp³-hybridized carbons (Fsp3) is 0.545. The fourth-order valence-electron chi connectivity index (χ4n) is 3.47. The van der Waals surface area contributed by atoms with Gasteiger partial charge in [-0.1, -0.05) is 44.2 Å². The minimum Gasteiger partial charge on any atom is -0.480 e. The van der Waals surface area contributed by atoms with Crippen LogP contribution in [-0.4, -0.2) is 71.2 Å². The van der Waals surface area contributed by atoms with E-state index in [0.29, 0.717) is 13.0 Å². The molecule has 0 bridgehead atoms. The van der Waals surface area contributed by atoms with Gasteiger partial charge in [0.15, 0.2) is 0 Å². The van der Waals surface area contributed by atoms with Gasteiger partial charge in [0.1, 0.15) is 18.1 Å². The van der Waals surface area contributed by atoms with Crippen LogP contribution in [0.15, 0.2) is 30.3 Å². The van der Waals surface area contributed by atoms with E-state index in [0.717, 1.165) is 12.0 Å². The third kappa shape index (κ3) is 7.31. The van der Waals surface area contributed by atoms with Crippen LogP contribution in [0.5, 0.6) is 0 Å². The lowest BCUT2D eigenvalue weighted by atomic mass is 10.0. The van der Waals surface area contributed by atoms with Gasteiger partial charge in [0, 0.05) is 6.42 Å². The number of rotatable bonds is 11. The van der Waals surface area contributed by atoms with Crippen LogP contribution in [-0.2, 0) is 25.6 Å². The van der Waals surface area contributed by atoms with E-state index in [-0.39, 0.29) is 12.3 Å². The van der Waals surface area contributed by atoms with Crippen molar-refractivity contribution in [3.63, 3.8) is 0 Å². The number of aliphatic hydroxyl groups is 1. The summed E-state index contributed by atoms with van der Waals surface area (Å²) in [6.07, 6.45) is 1.57. The molecular weight excluding hydrogens is 416 g/mol. The summed E-state index contributed by atoms with van der Waals surface area (Å²) in [4.78, 5) is 49.4. The molecule has 1 aromatic carbocycles. The van der Waals surface area contributed by atoms with E-state index in [2.05, 4.69) is 21.3 Å². The second kappa shape index (κ2) is 12.2. The maximum absolute atomic E-state index is 12.8. The van der Waals surface area contributed by atoms with E-state index in [1.807, 2.05) is 0 Å². The maximum Gasteiger partial charge on any atom is 0.326 e. The number of carbonyl (C=O) groups is 4. The van der Waals surface area contributed by atoms with Gasteiger partial charge in [-0.25, -0.2) is 4.79 Å². The number of carboxylic acid groups (broad SMARTS) is 1. The third-order valence-electron chi connectivity index (χ3n) is 5.34. The Kier molecular flexibility index (Phi) is 9.61. The van der Waals surface area contributed by atoms with Crippen LogP contribution in [0.4, 0.5) is 0 Å². The van der Waals surface area contributed by atoms with Crippen molar-refractivity contribution in [1.82, 2.24) is 21.3 Å². The van der Waals surface area contributed by atoms with Crippen molar-refractivity contribution in [3.8, 4) is 0 Å². The number of hydrogen-bond acceptors (Lipinski definition) is 6. The molecule has 6 N–H and O–H groups in total. The molecule has 0 aliphatic carbocycles. The molecule has 1 saturated heterocycles. The Labute approximate surface area is 187 Å². The summed E-state index contributed by atoms with van der Waals surface area (Å²) < 4.78 is 0. The highest BCUT2D eigenvalue weighted by atomic mass is 16.4. The molecule has 0 aromatic heterocycles. The predicted molar refractivity (Wildman–Crippen MR) is 117 cm³/mol. The van der Waals surface area contributed by atoms with Crippen molar-refractivity contribution >= 4 is 23.7 Å². The maximum atomic E-state index is 12.8. The molecule has 32 heavy (non-hydrogen) atoms. The molecule has 1 aromatic rings. The minimum atomic E-state index is -1.22. The molecule has 10 nitrogen and oxygen atoms in total. The van der Waals surface area contributed by atoms with E-state index < -0.39 is 54.5 Å². The van der Waals surface area contributed by atoms with Gasteiger partial charge in [0.05, 0.1) is 12.6 Å². The number of nitrogens with one attached hydrogen (secondary N) is 4. The highest BCUT2D eigenvalue weighted by molar-refractivity contribution is 5.94. The average molecular weight is 449 g/mol. The summed E-state index contributed by atoms with van der Waals surface area (Å²) in [6, 6.07) is 5.01. The second-order valence-corrected chi connectivity index (χ2v) is 8.21. The van der Waals surface area contributed by atoms with Gasteiger partial charge >= 0.3 is 5.97 Å². The van der Waals surface area contributed by atoms with Crippen molar-refractivity contribution in [2.24, 2.45) is 5.92 Å². The van der Waals surface area contributed by atoms with Gasteiger partial charge in [0.25, 0.3) is 0 Å². The molecule has 1 fully saturated rings. The first kappa shape index (κ1) is 25.3. The minimum absolute atomic E-state index is 0.0877. The van der Waals surface area contributed by atoms with Crippen LogP contribution in [0.3, 0.4) is 0 Å². The number of carboxylic acids is 1. The van der Waals surface area contributed by atoms with Gasteiger partial charge in [-0.3, -0.25) is 14.4 Å². The lowest BCUT2D eigenvalue weighted by Gasteiger charge is -2.26. The standard InChI is InChI=1S/C22H32N4O6/c1-13(2)18(21(30)24-16(22(31)32)11-14-7-4-3-5-8-14)26-20(29)17(12-27)25-19(28)15-9-6-10-23-15/h3-5,7-8,13,15-18,23,27H,6,9-12H2,1-2H3,(H,24,30)(H,25,28)(H,26,29)(H,31,32). The zero-order chi connectivity index (χ0) is 23.7. The molecule has 3 amide bonds. The van der Waals surface area contributed by atoms with Gasteiger partial charge in [-0.2, -0.15) is 0 Å². The Morgan fingerprint density at radius 3 is 2.25 bits per heavy atom. The number of carbonyl (C=O) groups excluding carboxylic acids is 3. The molecule has 10 heteroatoms. The van der Waals surface area contributed by atoms with Crippen LogP contribution in [0.2, 0.25) is 0 Å². The molecule has 0 spiro atoms. The van der Waals surface area contributed by atoms with Crippen LogP contribution in [0.1, 0.15) is 32.3 Å². The van der Waals surface area contributed by atoms with E-state index in [1.54, 1.807) is 44.2 Å². The monoisotopic (exact) mass is 448 g/mol. The summed E-state index contributed by atoms with van der Waals surface area (Å²) in [5.41, 5.74) is 0.744. The van der Waals surface area contributed by atoms with Crippen molar-refractivity contribution < 1.29 is 29.4 Å². The first-order chi connectivity index (χ1) is 15.2. The van der Waals surface area contributed by atoms with Crippen LogP contribution in [0, 0.1) is 5.92 Å². The SMILES string of the molecule is CC(C)C(NC(=O)C(CO)NC(=O)C1CCCN1)C(=O)NC(Cc1ccccc1)C(=O)O. The summed E-state index contributed by atoms with van der Waals surface area (Å²) in [5, 5.41) is 29.6. The van der Waals surface area contributed by atoms with Crippen molar-refractivity contribution in [1.29, 1.82) is 0 Å². The van der Waals surface area contributed by atoms with Crippen LogP contribution in [0.25, 0.3) is 0 Å². The number of amides is 3. The van der Waals surface area contributed by atoms with E-state index in [9.17, 15) is 29.4 Å². The topological polar surface area (TPSA) is 157 Å². The van der Waals surface area contributed by atoms with Crippen LogP contribution >= 0.6 is 0 Å². The Morgan fingerprint density at radius 2 is 1.72 bits per heavy atom. The van der Waals surface area contributed by atoms with Gasteiger partial charge in [-0.05, 0) is 30.9 Å². The first-order valence-electron chi connectivity index (χ1n) is 10.7. The van der Waals surface area contributed by atoms with Gasteiger partial charge in [0.2, 0.25) is 17.7 Å². The molecule has 1 aliphatic heterocycles. The summed E-state index contributed by atoms with van der Waals surface area (Å²) in [5.74, 6) is -3.33. The van der Waals surface area contributed by atoms with Gasteiger partial charge < -0.3 is 31.5 Å². The Bertz CT molecular complexity index is 795. The van der Waals surface area contributed by atoms with E-state index in [4.69, 9.17) is 0 Å². The summed E-state index contributed by atoms with van der Waals surface area (Å²) in [6.45, 7) is 3.47. The lowest BCUT2D eigenvalue weighted by molar-refractivity contribution is -0.142. The zero-order valence-electron chi connectivity index (χ0n) is 18.3. The number of aliphatic hydroxyl groups excluding tert-OH is 1. The first-order valence-corrected chi connectivity index (χ1v) is 10.7. The Hall–Kier alpha value is -2.98. The van der Waals surface area contributed by atoms with Crippen molar-refractivity contribution in [2.75, 3.05) is 13.2 Å². The van der Waals surface area contributed by atoms with Gasteiger partial charge in [-0.15, -0.1) is 0 Å². The number of hydrogen-bond donors (Lipinski definition) is 6. The third-order valence-corrected chi connectivity index (χ3v) is 5.34. The van der Waals surface area contributed by atoms with E-state index in [1.165, 1.54) is 0 Å². The number of benzene rings is 1. The van der Waals surface area contributed by atoms with Crippen LogP contribution < -0.4 is 21.3 Å². The second-order valence-electron chi connectivity index (χ2n) is 8.21. The highest BCUT2D eigenvalue weighted by Gasteiger charge is 2.32. The molecule has 2 rings (SSSR count). The quantitative estimate of drug-likeness (QED) is 0.258. The molecule has 4 atom stereocenters. The highest BCUT2D eigenvalue weighted by Crippen LogP contribution is 2.08. The van der Waals surface area contributed by atoms with Crippen molar-refractivity contribution in [3.05, 3.63) is 35.9 Å². The molecule has 0 radical (unpaired) electrons. The molecule has 1 heterocycles. The largest absolute Gasteiger partial charge is 0.480 e. The smallest absolute Gasteiger partial charge is 0.326 e. The molecule has 176 valence electrons. The summed E-state index contributed by atoms with van der Waals surface area (Å²) in [7, 11) is 0. The molecule has 1 aliphatic rings. The number of aliphatic carboxylic acids is 1. The molecular formula is C22H32N4O6. The Balaban J connectivity index is 2.01. The molecule has 4 unspecified atom stereocenters. The fourth-order valence-corrected chi connectivity index (χ4v) is 3.47. The Morgan fingerprint density at radius 1 is 1.03 bits per heavy atom. The lowest BCUT2D eigenvalue weighted by Crippen LogP contribution is -2.59. The summed E-state index contributed by atoms with van der Waals surface area (Å²) >= 11 is 0. The molecule has 0 saturated carbocycles. The average Bonchev–Trinajstić information content (AvgIpc) is 3.30. The predicted octanol–water partition coefficient (Wildman–Crippen LogP) is -0.832. The normalized spacial score (nSPS) is 18.4. The van der Waals surface area contributed by atoms with E-state index >= 15 is 0 Å². The van der Waals surface area contributed by atoms with Crippen molar-refractivity contribution in [2.45, 2.75) is 57.3 Å².